The van der Waals surface area contributed by atoms with E-state index in [1.807, 2.05) is 25.2 Å². The zero-order chi connectivity index (χ0) is 21.7. The molecule has 1 unspecified atom stereocenters. The van der Waals surface area contributed by atoms with Crippen molar-refractivity contribution in [2.45, 2.75) is 36.0 Å². The smallest absolute Gasteiger partial charge is 0.139 e. The van der Waals surface area contributed by atoms with E-state index >= 15 is 0 Å². The van der Waals surface area contributed by atoms with Gasteiger partial charge in [0.25, 0.3) is 0 Å². The van der Waals surface area contributed by atoms with Crippen molar-refractivity contribution >= 4 is 34.0 Å². The number of likely N-dealkylation sites (tertiary alicyclic amines) is 1. The van der Waals surface area contributed by atoms with E-state index < -0.39 is 10.8 Å². The average Bonchev–Trinajstić information content (AvgIpc) is 2.73. The van der Waals surface area contributed by atoms with Crippen molar-refractivity contribution in [3.05, 3.63) is 63.4 Å². The molecule has 1 saturated heterocycles. The Morgan fingerprint density at radius 1 is 1.17 bits per heavy atom. The number of piperidine rings is 1. The third kappa shape index (κ3) is 6.04. The van der Waals surface area contributed by atoms with Crippen LogP contribution in [0.2, 0.25) is 10.0 Å². The molecular formula is C23H29Cl2FN2OS. The number of rotatable bonds is 8. The van der Waals surface area contributed by atoms with Crippen LogP contribution in [0.3, 0.4) is 0 Å². The molecule has 0 aliphatic carbocycles. The summed E-state index contributed by atoms with van der Waals surface area (Å²) in [7, 11) is 0.675. The molecule has 0 bridgehead atoms. The van der Waals surface area contributed by atoms with E-state index in [1.54, 1.807) is 12.1 Å². The van der Waals surface area contributed by atoms with Gasteiger partial charge in [-0.05, 0) is 93.2 Å². The maximum absolute atomic E-state index is 14.2. The Hall–Kier alpha value is -0.980. The first-order valence-corrected chi connectivity index (χ1v) is 12.6. The number of hydrogen-bond acceptors (Lipinski definition) is 3. The van der Waals surface area contributed by atoms with Crippen LogP contribution in [-0.4, -0.2) is 48.6 Å². The molecule has 1 aliphatic rings. The molecule has 3 nitrogen and oxygen atoms in total. The van der Waals surface area contributed by atoms with Crippen LogP contribution in [0, 0.1) is 5.82 Å². The molecule has 0 spiro atoms. The molecule has 0 saturated carbocycles. The lowest BCUT2D eigenvalue weighted by molar-refractivity contribution is 0.205. The van der Waals surface area contributed by atoms with Crippen molar-refractivity contribution in [2.24, 2.45) is 0 Å². The predicted molar refractivity (Wildman–Crippen MR) is 125 cm³/mol. The summed E-state index contributed by atoms with van der Waals surface area (Å²) in [5.74, 6) is 0.379. The van der Waals surface area contributed by atoms with Gasteiger partial charge in [0, 0.05) is 12.8 Å². The SMILES string of the molecule is CNCC(CCN1CCC(c2ccc([S@](C)=O)c(F)c2)CC1)c1ccc(Cl)c(Cl)c1. The van der Waals surface area contributed by atoms with Gasteiger partial charge >= 0.3 is 0 Å². The van der Waals surface area contributed by atoms with Crippen molar-refractivity contribution < 1.29 is 8.60 Å². The first kappa shape index (κ1) is 23.7. The minimum atomic E-state index is -1.29. The summed E-state index contributed by atoms with van der Waals surface area (Å²) in [6.07, 6.45) is 4.57. The van der Waals surface area contributed by atoms with Gasteiger partial charge in [0.2, 0.25) is 0 Å². The highest BCUT2D eigenvalue weighted by Crippen LogP contribution is 2.31. The molecule has 0 aromatic heterocycles. The first-order valence-electron chi connectivity index (χ1n) is 10.3. The largest absolute Gasteiger partial charge is 0.319 e. The van der Waals surface area contributed by atoms with E-state index in [-0.39, 0.29) is 10.7 Å². The van der Waals surface area contributed by atoms with Gasteiger partial charge in [-0.25, -0.2) is 4.39 Å². The second-order valence-corrected chi connectivity index (χ2v) is 10.1. The summed E-state index contributed by atoms with van der Waals surface area (Å²) in [5.41, 5.74) is 2.22. The standard InChI is InChI=1S/C23H29Cl2FN2OS/c1-27-15-19(17-3-5-20(24)21(25)13-17)9-12-28-10-7-16(8-11-28)18-4-6-23(30(2)29)22(26)14-18/h3-6,13-14,16,19,27H,7-12,15H2,1-2H3/t19?,30-/m0/s1. The highest BCUT2D eigenvalue weighted by atomic mass is 35.5. The lowest BCUT2D eigenvalue weighted by Crippen LogP contribution is -2.35. The summed E-state index contributed by atoms with van der Waals surface area (Å²) in [6, 6.07) is 11.1. The molecule has 164 valence electrons. The van der Waals surface area contributed by atoms with Gasteiger partial charge in [0.1, 0.15) is 5.82 Å². The fourth-order valence-electron chi connectivity index (χ4n) is 4.23. The summed E-state index contributed by atoms with van der Waals surface area (Å²) in [4.78, 5) is 2.77. The van der Waals surface area contributed by atoms with E-state index in [2.05, 4.69) is 16.3 Å². The number of halogens is 3. The zero-order valence-corrected chi connectivity index (χ0v) is 19.8. The van der Waals surface area contributed by atoms with Crippen LogP contribution in [0.4, 0.5) is 4.39 Å². The third-order valence-electron chi connectivity index (χ3n) is 5.98. The molecule has 2 atom stereocenters. The molecule has 1 aliphatic heterocycles. The molecule has 0 radical (unpaired) electrons. The van der Waals surface area contributed by atoms with Crippen molar-refractivity contribution in [3.63, 3.8) is 0 Å². The molecule has 30 heavy (non-hydrogen) atoms. The van der Waals surface area contributed by atoms with E-state index in [9.17, 15) is 8.60 Å². The Balaban J connectivity index is 1.55. The van der Waals surface area contributed by atoms with Gasteiger partial charge in [-0.1, -0.05) is 35.3 Å². The van der Waals surface area contributed by atoms with E-state index in [4.69, 9.17) is 23.2 Å². The number of benzene rings is 2. The Kier molecular flexibility index (Phi) is 8.72. The van der Waals surface area contributed by atoms with Crippen molar-refractivity contribution in [3.8, 4) is 0 Å². The Bertz CT molecular complexity index is 888. The number of hydrogen-bond donors (Lipinski definition) is 1. The minimum absolute atomic E-state index is 0.286. The van der Waals surface area contributed by atoms with Gasteiger partial charge in [-0.15, -0.1) is 0 Å². The van der Waals surface area contributed by atoms with E-state index in [1.165, 1.54) is 11.8 Å². The molecule has 1 N–H and O–H groups in total. The molecule has 7 heteroatoms. The second-order valence-electron chi connectivity index (χ2n) is 7.98. The fraction of sp³-hybridized carbons (Fsp3) is 0.478. The number of likely N-dealkylation sites (N-methyl/N-ethyl adjacent to an activating group) is 1. The molecule has 1 heterocycles. The Labute approximate surface area is 191 Å². The summed E-state index contributed by atoms with van der Waals surface area (Å²) in [5, 5.41) is 4.46. The Morgan fingerprint density at radius 3 is 2.50 bits per heavy atom. The average molecular weight is 471 g/mol. The van der Waals surface area contributed by atoms with Gasteiger partial charge in [0.05, 0.1) is 25.7 Å². The maximum Gasteiger partial charge on any atom is 0.139 e. The van der Waals surface area contributed by atoms with Gasteiger partial charge in [-0.3, -0.25) is 4.21 Å². The van der Waals surface area contributed by atoms with Crippen LogP contribution < -0.4 is 5.32 Å². The van der Waals surface area contributed by atoms with Crippen molar-refractivity contribution in [2.75, 3.05) is 39.5 Å². The Morgan fingerprint density at radius 2 is 1.90 bits per heavy atom. The fourth-order valence-corrected chi connectivity index (χ4v) is 5.13. The highest BCUT2D eigenvalue weighted by molar-refractivity contribution is 7.84. The quantitative estimate of drug-likeness (QED) is 0.556. The van der Waals surface area contributed by atoms with Crippen molar-refractivity contribution in [1.82, 2.24) is 10.2 Å². The highest BCUT2D eigenvalue weighted by Gasteiger charge is 2.23. The number of nitrogens with zero attached hydrogens (tertiary/aromatic N) is 1. The van der Waals surface area contributed by atoms with Crippen molar-refractivity contribution in [1.29, 1.82) is 0 Å². The molecule has 0 amide bonds. The van der Waals surface area contributed by atoms with Crippen LogP contribution in [0.1, 0.15) is 42.2 Å². The topological polar surface area (TPSA) is 32.3 Å². The summed E-state index contributed by atoms with van der Waals surface area (Å²) < 4.78 is 25.8. The van der Waals surface area contributed by atoms with Gasteiger partial charge in [-0.2, -0.15) is 0 Å². The van der Waals surface area contributed by atoms with Crippen LogP contribution in [0.5, 0.6) is 0 Å². The van der Waals surface area contributed by atoms with E-state index in [0.717, 1.165) is 51.0 Å². The first-order chi connectivity index (χ1) is 14.4. The minimum Gasteiger partial charge on any atom is -0.319 e. The van der Waals surface area contributed by atoms with Gasteiger partial charge < -0.3 is 10.2 Å². The maximum atomic E-state index is 14.2. The van der Waals surface area contributed by atoms with Crippen LogP contribution >= 0.6 is 23.2 Å². The number of nitrogens with one attached hydrogen (secondary N) is 1. The van der Waals surface area contributed by atoms with E-state index in [0.29, 0.717) is 21.9 Å². The van der Waals surface area contributed by atoms with Crippen LogP contribution in [-0.2, 0) is 10.8 Å². The second kappa shape index (κ2) is 11.1. The van der Waals surface area contributed by atoms with Crippen LogP contribution in [0.15, 0.2) is 41.3 Å². The zero-order valence-electron chi connectivity index (χ0n) is 17.5. The van der Waals surface area contributed by atoms with Gasteiger partial charge in [0.15, 0.2) is 0 Å². The summed E-state index contributed by atoms with van der Waals surface area (Å²) in [6.45, 7) is 3.91. The predicted octanol–water partition coefficient (Wildman–Crippen LogP) is 5.44. The molecule has 2 aromatic rings. The lowest BCUT2D eigenvalue weighted by Gasteiger charge is -2.33. The molecule has 3 rings (SSSR count). The summed E-state index contributed by atoms with van der Waals surface area (Å²) >= 11 is 12.3. The monoisotopic (exact) mass is 470 g/mol. The van der Waals surface area contributed by atoms with Crippen LogP contribution in [0.25, 0.3) is 0 Å². The normalized spacial score (nSPS) is 17.8. The molecule has 2 aromatic carbocycles. The lowest BCUT2D eigenvalue weighted by atomic mass is 9.89. The molecular weight excluding hydrogens is 442 g/mol. The molecule has 1 fully saturated rings. The third-order valence-corrected chi connectivity index (χ3v) is 7.67.